The number of amides is 2. The first-order chi connectivity index (χ1) is 10.5. The number of urea groups is 1. The van der Waals surface area contributed by atoms with Crippen LogP contribution in [0.4, 0.5) is 18.0 Å². The number of nitrogens with one attached hydrogen (secondary N) is 1. The molecule has 2 rings (SSSR count). The van der Waals surface area contributed by atoms with E-state index in [9.17, 15) is 18.0 Å². The van der Waals surface area contributed by atoms with Crippen molar-refractivity contribution in [2.75, 3.05) is 7.05 Å². The highest BCUT2D eigenvalue weighted by atomic mass is 19.3. The lowest BCUT2D eigenvalue weighted by Gasteiger charge is -2.18. The zero-order chi connectivity index (χ0) is 16.1. The van der Waals surface area contributed by atoms with Crippen LogP contribution >= 0.6 is 0 Å². The summed E-state index contributed by atoms with van der Waals surface area (Å²) in [5.74, 6) is -0.308. The van der Waals surface area contributed by atoms with Gasteiger partial charge in [0.05, 0.1) is 6.54 Å². The van der Waals surface area contributed by atoms with Crippen molar-refractivity contribution in [3.63, 3.8) is 0 Å². The van der Waals surface area contributed by atoms with Crippen molar-refractivity contribution in [1.82, 2.24) is 19.8 Å². The molecule has 0 aliphatic carbocycles. The molecule has 2 amide bonds. The zero-order valence-corrected chi connectivity index (χ0v) is 11.8. The fourth-order valence-electron chi connectivity index (χ4n) is 1.89. The predicted molar refractivity (Wildman–Crippen MR) is 73.6 cm³/mol. The molecule has 0 bridgehead atoms. The number of imidazole rings is 1. The van der Waals surface area contributed by atoms with E-state index in [4.69, 9.17) is 0 Å². The Kier molecular flexibility index (Phi) is 5.03. The van der Waals surface area contributed by atoms with Gasteiger partial charge in [0, 0.05) is 26.0 Å². The van der Waals surface area contributed by atoms with E-state index in [-0.39, 0.29) is 24.7 Å². The fourth-order valence-corrected chi connectivity index (χ4v) is 1.89. The van der Waals surface area contributed by atoms with Crippen LogP contribution in [0.15, 0.2) is 36.7 Å². The van der Waals surface area contributed by atoms with Crippen LogP contribution in [0.5, 0.6) is 0 Å². The van der Waals surface area contributed by atoms with E-state index in [0.29, 0.717) is 10.1 Å². The quantitative estimate of drug-likeness (QED) is 0.923. The van der Waals surface area contributed by atoms with E-state index in [2.05, 4.69) is 10.3 Å². The van der Waals surface area contributed by atoms with Crippen molar-refractivity contribution in [1.29, 1.82) is 0 Å². The molecule has 118 valence electrons. The highest BCUT2D eigenvalue weighted by Gasteiger charge is 2.15. The largest absolute Gasteiger partial charge is 0.334 e. The SMILES string of the molecule is CN(Cc1nccn1C(F)F)C(=O)NCc1cccc(F)c1. The highest BCUT2D eigenvalue weighted by Crippen LogP contribution is 2.13. The van der Waals surface area contributed by atoms with Crippen LogP contribution in [-0.4, -0.2) is 27.5 Å². The third kappa shape index (κ3) is 4.00. The third-order valence-corrected chi connectivity index (χ3v) is 3.02. The van der Waals surface area contributed by atoms with E-state index in [1.165, 1.54) is 30.3 Å². The molecule has 1 heterocycles. The third-order valence-electron chi connectivity index (χ3n) is 3.02. The molecular formula is C14H15F3N4O. The molecule has 0 fully saturated rings. The number of nitrogens with zero attached hydrogens (tertiary/aromatic N) is 3. The van der Waals surface area contributed by atoms with Crippen molar-refractivity contribution < 1.29 is 18.0 Å². The molecule has 1 N–H and O–H groups in total. The normalized spacial score (nSPS) is 10.8. The molecule has 5 nitrogen and oxygen atoms in total. The smallest absolute Gasteiger partial charge is 0.319 e. The Hall–Kier alpha value is -2.51. The fraction of sp³-hybridized carbons (Fsp3) is 0.286. The molecule has 0 radical (unpaired) electrons. The Morgan fingerprint density at radius 1 is 1.45 bits per heavy atom. The van der Waals surface area contributed by atoms with E-state index < -0.39 is 12.6 Å². The second kappa shape index (κ2) is 6.97. The summed E-state index contributed by atoms with van der Waals surface area (Å²) in [5.41, 5.74) is 0.607. The van der Waals surface area contributed by atoms with Gasteiger partial charge >= 0.3 is 12.6 Å². The first-order valence-electron chi connectivity index (χ1n) is 6.50. The van der Waals surface area contributed by atoms with Gasteiger partial charge in [0.1, 0.15) is 11.6 Å². The van der Waals surface area contributed by atoms with Crippen LogP contribution in [0, 0.1) is 5.82 Å². The molecule has 22 heavy (non-hydrogen) atoms. The Bertz CT molecular complexity index is 645. The van der Waals surface area contributed by atoms with Gasteiger partial charge in [-0.3, -0.25) is 4.57 Å². The molecule has 0 atom stereocenters. The average molecular weight is 312 g/mol. The van der Waals surface area contributed by atoms with Crippen LogP contribution in [0.1, 0.15) is 17.9 Å². The summed E-state index contributed by atoms with van der Waals surface area (Å²) >= 11 is 0. The van der Waals surface area contributed by atoms with E-state index in [1.54, 1.807) is 12.1 Å². The minimum Gasteiger partial charge on any atom is -0.334 e. The maximum atomic E-state index is 13.0. The first kappa shape index (κ1) is 15.9. The summed E-state index contributed by atoms with van der Waals surface area (Å²) in [7, 11) is 1.46. The number of carbonyl (C=O) groups is 1. The Labute approximate surface area is 125 Å². The Morgan fingerprint density at radius 2 is 2.23 bits per heavy atom. The molecule has 8 heteroatoms. The minimum absolute atomic E-state index is 0.0632. The molecule has 0 spiro atoms. The lowest BCUT2D eigenvalue weighted by Crippen LogP contribution is -2.37. The number of halogens is 3. The average Bonchev–Trinajstić information content (AvgIpc) is 2.93. The van der Waals surface area contributed by atoms with Gasteiger partial charge in [-0.1, -0.05) is 12.1 Å². The standard InChI is InChI=1S/C14H15F3N4O/c1-20(9-12-18-5-6-21(12)13(16)17)14(22)19-8-10-3-2-4-11(15)7-10/h2-7,13H,8-9H2,1H3,(H,19,22). The zero-order valence-electron chi connectivity index (χ0n) is 11.8. The summed E-state index contributed by atoms with van der Waals surface area (Å²) in [4.78, 5) is 16.9. The molecular weight excluding hydrogens is 297 g/mol. The summed E-state index contributed by atoms with van der Waals surface area (Å²) in [6.07, 6.45) is 2.40. The summed E-state index contributed by atoms with van der Waals surface area (Å²) in [5, 5.41) is 2.58. The summed E-state index contributed by atoms with van der Waals surface area (Å²) in [6, 6.07) is 5.37. The Balaban J connectivity index is 1.91. The molecule has 0 aliphatic heterocycles. The van der Waals surface area contributed by atoms with Gasteiger partial charge in [0.25, 0.3) is 0 Å². The maximum absolute atomic E-state index is 13.0. The molecule has 1 aromatic heterocycles. The number of rotatable bonds is 5. The Morgan fingerprint density at radius 3 is 2.91 bits per heavy atom. The van der Waals surface area contributed by atoms with Crippen LogP contribution in [0.25, 0.3) is 0 Å². The van der Waals surface area contributed by atoms with E-state index in [1.807, 2.05) is 0 Å². The van der Waals surface area contributed by atoms with Gasteiger partial charge in [0.2, 0.25) is 0 Å². The molecule has 0 saturated carbocycles. The van der Waals surface area contributed by atoms with Crippen LogP contribution < -0.4 is 5.32 Å². The van der Waals surface area contributed by atoms with Crippen molar-refractivity contribution in [2.45, 2.75) is 19.6 Å². The van der Waals surface area contributed by atoms with Crippen molar-refractivity contribution in [3.8, 4) is 0 Å². The van der Waals surface area contributed by atoms with E-state index >= 15 is 0 Å². The molecule has 0 unspecified atom stereocenters. The number of benzene rings is 1. The van der Waals surface area contributed by atoms with Crippen LogP contribution in [-0.2, 0) is 13.1 Å². The molecule has 2 aromatic rings. The van der Waals surface area contributed by atoms with Crippen molar-refractivity contribution >= 4 is 6.03 Å². The van der Waals surface area contributed by atoms with E-state index in [0.717, 1.165) is 6.20 Å². The van der Waals surface area contributed by atoms with Gasteiger partial charge < -0.3 is 10.2 Å². The number of aromatic nitrogens is 2. The number of carbonyl (C=O) groups excluding carboxylic acids is 1. The summed E-state index contributed by atoms with van der Waals surface area (Å²) < 4.78 is 39.1. The summed E-state index contributed by atoms with van der Waals surface area (Å²) in [6.45, 7) is -2.63. The second-order valence-electron chi connectivity index (χ2n) is 4.67. The minimum atomic E-state index is -2.71. The van der Waals surface area contributed by atoms with Crippen molar-refractivity contribution in [3.05, 3.63) is 53.9 Å². The van der Waals surface area contributed by atoms with Gasteiger partial charge in [-0.05, 0) is 17.7 Å². The van der Waals surface area contributed by atoms with Crippen LogP contribution in [0.3, 0.4) is 0 Å². The van der Waals surface area contributed by atoms with Gasteiger partial charge in [0.15, 0.2) is 0 Å². The van der Waals surface area contributed by atoms with Gasteiger partial charge in [-0.25, -0.2) is 14.2 Å². The lowest BCUT2D eigenvalue weighted by molar-refractivity contribution is 0.0651. The monoisotopic (exact) mass is 312 g/mol. The molecule has 0 saturated heterocycles. The maximum Gasteiger partial charge on any atom is 0.319 e. The lowest BCUT2D eigenvalue weighted by atomic mass is 10.2. The molecule has 1 aromatic carbocycles. The number of hydrogen-bond acceptors (Lipinski definition) is 2. The van der Waals surface area contributed by atoms with Crippen LogP contribution in [0.2, 0.25) is 0 Å². The number of alkyl halides is 2. The molecule has 0 aliphatic rings. The topological polar surface area (TPSA) is 50.2 Å². The van der Waals surface area contributed by atoms with Gasteiger partial charge in [-0.15, -0.1) is 0 Å². The second-order valence-corrected chi connectivity index (χ2v) is 4.67. The van der Waals surface area contributed by atoms with Crippen molar-refractivity contribution in [2.24, 2.45) is 0 Å². The highest BCUT2D eigenvalue weighted by molar-refractivity contribution is 5.73. The first-order valence-corrected chi connectivity index (χ1v) is 6.50. The number of hydrogen-bond donors (Lipinski definition) is 1. The predicted octanol–water partition coefficient (Wildman–Crippen LogP) is 2.76. The van der Waals surface area contributed by atoms with Gasteiger partial charge in [-0.2, -0.15) is 8.78 Å².